The molecule has 1 fully saturated rings. The second kappa shape index (κ2) is 6.93. The molecule has 0 saturated carbocycles. The first-order valence-corrected chi connectivity index (χ1v) is 8.24. The van der Waals surface area contributed by atoms with Crippen molar-refractivity contribution < 1.29 is 18.7 Å². The predicted molar refractivity (Wildman–Crippen MR) is 91.2 cm³/mol. The van der Waals surface area contributed by atoms with E-state index >= 15 is 0 Å². The van der Waals surface area contributed by atoms with Crippen molar-refractivity contribution in [1.82, 2.24) is 15.1 Å². The van der Waals surface area contributed by atoms with Gasteiger partial charge in [0.1, 0.15) is 0 Å². The molecule has 1 aromatic heterocycles. The second-order valence-corrected chi connectivity index (χ2v) is 6.85. The Balaban J connectivity index is 1.82. The summed E-state index contributed by atoms with van der Waals surface area (Å²) in [5, 5.41) is 7.84. The zero-order valence-electron chi connectivity index (χ0n) is 15.0. The maximum atomic E-state index is 13.0. The normalized spacial score (nSPS) is 19.8. The monoisotopic (exact) mass is 345 g/mol. The molecular formula is C18H23N3O4. The molecule has 0 aliphatic carbocycles. The van der Waals surface area contributed by atoms with Gasteiger partial charge >= 0.3 is 0 Å². The molecule has 1 atom stereocenters. The van der Waals surface area contributed by atoms with Gasteiger partial charge in [-0.3, -0.25) is 4.79 Å². The maximum absolute atomic E-state index is 13.0. The van der Waals surface area contributed by atoms with Gasteiger partial charge in [0.05, 0.1) is 18.3 Å². The first-order chi connectivity index (χ1) is 11.9. The van der Waals surface area contributed by atoms with Gasteiger partial charge in [-0.25, -0.2) is 0 Å². The van der Waals surface area contributed by atoms with Crippen LogP contribution in [0.15, 0.2) is 28.7 Å². The van der Waals surface area contributed by atoms with Gasteiger partial charge in [0.15, 0.2) is 0 Å². The van der Waals surface area contributed by atoms with Crippen molar-refractivity contribution in [2.45, 2.75) is 32.5 Å². The lowest BCUT2D eigenvalue weighted by Crippen LogP contribution is -2.55. The highest BCUT2D eigenvalue weighted by Gasteiger charge is 2.36. The number of ether oxygens (including phenoxy) is 2. The molecule has 1 aromatic carbocycles. The van der Waals surface area contributed by atoms with E-state index in [-0.39, 0.29) is 12.0 Å². The standard InChI is InChI=1S/C18H23N3O4/c1-12-19-20-16(24-12)13-6-5-7-14(8-13)17(22)21-9-15(10-23-4)25-18(2,3)11-21/h5-8,15H,9-11H2,1-4H3/t15-/m1/s1. The minimum Gasteiger partial charge on any atom is -0.421 e. The van der Waals surface area contributed by atoms with E-state index in [0.29, 0.717) is 37.0 Å². The number of amides is 1. The molecule has 2 heterocycles. The van der Waals surface area contributed by atoms with Gasteiger partial charge < -0.3 is 18.8 Å². The van der Waals surface area contributed by atoms with Crippen LogP contribution in [0.1, 0.15) is 30.1 Å². The molecule has 0 N–H and O–H groups in total. The van der Waals surface area contributed by atoms with Crippen LogP contribution in [0.4, 0.5) is 0 Å². The minimum absolute atomic E-state index is 0.0458. The third kappa shape index (κ3) is 4.05. The molecule has 0 spiro atoms. The molecule has 1 aliphatic rings. The second-order valence-electron chi connectivity index (χ2n) is 6.85. The van der Waals surface area contributed by atoms with Crippen LogP contribution in [0, 0.1) is 6.92 Å². The van der Waals surface area contributed by atoms with Crippen molar-refractivity contribution >= 4 is 5.91 Å². The molecule has 1 aliphatic heterocycles. The van der Waals surface area contributed by atoms with Gasteiger partial charge in [0.2, 0.25) is 11.8 Å². The summed E-state index contributed by atoms with van der Waals surface area (Å²) < 4.78 is 16.6. The van der Waals surface area contributed by atoms with E-state index in [9.17, 15) is 4.79 Å². The summed E-state index contributed by atoms with van der Waals surface area (Å²) in [6, 6.07) is 7.24. The highest BCUT2D eigenvalue weighted by molar-refractivity contribution is 5.95. The number of nitrogens with zero attached hydrogens (tertiary/aromatic N) is 3. The van der Waals surface area contributed by atoms with Crippen LogP contribution in [0.2, 0.25) is 0 Å². The zero-order chi connectivity index (χ0) is 18.0. The third-order valence-corrected chi connectivity index (χ3v) is 4.00. The van der Waals surface area contributed by atoms with Gasteiger partial charge in [0, 0.05) is 38.2 Å². The Kier molecular flexibility index (Phi) is 4.87. The average Bonchev–Trinajstić information content (AvgIpc) is 3.00. The van der Waals surface area contributed by atoms with Crippen LogP contribution in [0.25, 0.3) is 11.5 Å². The molecular weight excluding hydrogens is 322 g/mol. The molecule has 7 heteroatoms. The van der Waals surface area contributed by atoms with Crippen molar-refractivity contribution in [3.63, 3.8) is 0 Å². The topological polar surface area (TPSA) is 77.7 Å². The fraction of sp³-hybridized carbons (Fsp3) is 0.500. The maximum Gasteiger partial charge on any atom is 0.254 e. The zero-order valence-corrected chi connectivity index (χ0v) is 15.0. The van der Waals surface area contributed by atoms with Crippen LogP contribution < -0.4 is 0 Å². The van der Waals surface area contributed by atoms with Crippen molar-refractivity contribution in [1.29, 1.82) is 0 Å². The number of hydrogen-bond donors (Lipinski definition) is 0. The molecule has 1 amide bonds. The Morgan fingerprint density at radius 2 is 2.20 bits per heavy atom. The number of methoxy groups -OCH3 is 1. The highest BCUT2D eigenvalue weighted by atomic mass is 16.5. The van der Waals surface area contributed by atoms with E-state index in [2.05, 4.69) is 10.2 Å². The van der Waals surface area contributed by atoms with E-state index in [1.54, 1.807) is 26.2 Å². The molecule has 0 unspecified atom stereocenters. The lowest BCUT2D eigenvalue weighted by Gasteiger charge is -2.42. The predicted octanol–water partition coefficient (Wildman–Crippen LogP) is 2.31. The fourth-order valence-corrected chi connectivity index (χ4v) is 3.10. The Hall–Kier alpha value is -2.25. The molecule has 0 bridgehead atoms. The first-order valence-electron chi connectivity index (χ1n) is 8.24. The summed E-state index contributed by atoms with van der Waals surface area (Å²) in [6.07, 6.45) is -0.139. The summed E-state index contributed by atoms with van der Waals surface area (Å²) in [6.45, 7) is 7.17. The van der Waals surface area contributed by atoms with Crippen molar-refractivity contribution in [3.8, 4) is 11.5 Å². The van der Waals surface area contributed by atoms with Gasteiger partial charge in [-0.05, 0) is 32.0 Å². The quantitative estimate of drug-likeness (QED) is 0.846. The summed E-state index contributed by atoms with van der Waals surface area (Å²) in [5.41, 5.74) is 0.896. The third-order valence-electron chi connectivity index (χ3n) is 4.00. The molecule has 134 valence electrons. The highest BCUT2D eigenvalue weighted by Crippen LogP contribution is 2.24. The summed E-state index contributed by atoms with van der Waals surface area (Å²) in [4.78, 5) is 14.8. The van der Waals surface area contributed by atoms with Crippen LogP contribution in [-0.4, -0.2) is 59.5 Å². The molecule has 3 rings (SSSR count). The fourth-order valence-electron chi connectivity index (χ4n) is 3.10. The summed E-state index contributed by atoms with van der Waals surface area (Å²) >= 11 is 0. The van der Waals surface area contributed by atoms with E-state index in [1.165, 1.54) is 0 Å². The Morgan fingerprint density at radius 1 is 1.40 bits per heavy atom. The number of benzene rings is 1. The van der Waals surface area contributed by atoms with Crippen molar-refractivity contribution in [3.05, 3.63) is 35.7 Å². The van der Waals surface area contributed by atoms with Gasteiger partial charge in [-0.1, -0.05) is 6.07 Å². The summed E-state index contributed by atoms with van der Waals surface area (Å²) in [7, 11) is 1.63. The lowest BCUT2D eigenvalue weighted by atomic mass is 10.0. The van der Waals surface area contributed by atoms with E-state index in [0.717, 1.165) is 5.56 Å². The average molecular weight is 345 g/mol. The first kappa shape index (κ1) is 17.6. The van der Waals surface area contributed by atoms with Crippen molar-refractivity contribution in [2.24, 2.45) is 0 Å². The number of carbonyl (C=O) groups is 1. The van der Waals surface area contributed by atoms with Crippen LogP contribution >= 0.6 is 0 Å². The number of morpholine rings is 1. The van der Waals surface area contributed by atoms with Crippen molar-refractivity contribution in [2.75, 3.05) is 26.8 Å². The van der Waals surface area contributed by atoms with Crippen LogP contribution in [0.3, 0.4) is 0 Å². The Morgan fingerprint density at radius 3 is 2.88 bits per heavy atom. The van der Waals surface area contributed by atoms with Gasteiger partial charge in [-0.2, -0.15) is 0 Å². The number of carbonyl (C=O) groups excluding carboxylic acids is 1. The SMILES string of the molecule is COC[C@H]1CN(C(=O)c2cccc(-c3nnc(C)o3)c2)CC(C)(C)O1. The minimum atomic E-state index is -0.418. The molecule has 25 heavy (non-hydrogen) atoms. The Bertz CT molecular complexity index is 756. The number of hydrogen-bond acceptors (Lipinski definition) is 6. The van der Waals surface area contributed by atoms with E-state index in [4.69, 9.17) is 13.9 Å². The van der Waals surface area contributed by atoms with Crippen LogP contribution in [-0.2, 0) is 9.47 Å². The lowest BCUT2D eigenvalue weighted by molar-refractivity contribution is -0.143. The largest absolute Gasteiger partial charge is 0.421 e. The van der Waals surface area contributed by atoms with E-state index in [1.807, 2.05) is 30.9 Å². The number of aryl methyl sites for hydroxylation is 1. The molecule has 7 nitrogen and oxygen atoms in total. The number of rotatable bonds is 4. The van der Waals surface area contributed by atoms with Gasteiger partial charge in [-0.15, -0.1) is 10.2 Å². The molecule has 0 radical (unpaired) electrons. The van der Waals surface area contributed by atoms with Gasteiger partial charge in [0.25, 0.3) is 5.91 Å². The van der Waals surface area contributed by atoms with Crippen LogP contribution in [0.5, 0.6) is 0 Å². The smallest absolute Gasteiger partial charge is 0.254 e. The molecule has 2 aromatic rings. The summed E-state index contributed by atoms with van der Waals surface area (Å²) in [5.74, 6) is 0.853. The molecule has 1 saturated heterocycles. The Labute approximate surface area is 146 Å². The number of aromatic nitrogens is 2. The van der Waals surface area contributed by atoms with E-state index < -0.39 is 5.60 Å².